The number of carboxylic acid groups (broad SMARTS) is 1. The van der Waals surface area contributed by atoms with E-state index in [2.05, 4.69) is 5.32 Å². The van der Waals surface area contributed by atoms with Gasteiger partial charge >= 0.3 is 5.97 Å². The molecule has 1 atom stereocenters. The number of carboxylic acids is 1. The Hall–Kier alpha value is -1.84. The molecule has 0 aromatic heterocycles. The lowest BCUT2D eigenvalue weighted by atomic mass is 9.91. The van der Waals surface area contributed by atoms with Crippen LogP contribution in [0.1, 0.15) is 37.3 Å². The molecule has 0 bridgehead atoms. The number of anilines is 1. The number of aliphatic carboxylic acids is 1. The molecule has 1 aromatic rings. The number of carbonyl (C=O) groups is 2. The van der Waals surface area contributed by atoms with Crippen LogP contribution >= 0.6 is 0 Å². The van der Waals surface area contributed by atoms with Crippen molar-refractivity contribution in [2.24, 2.45) is 5.92 Å². The van der Waals surface area contributed by atoms with Crippen LogP contribution in [-0.2, 0) is 22.4 Å². The van der Waals surface area contributed by atoms with Gasteiger partial charge in [-0.25, -0.2) is 0 Å². The first-order valence-corrected chi connectivity index (χ1v) is 6.77. The Labute approximate surface area is 112 Å². The Balaban J connectivity index is 2.11. The molecule has 1 amide bonds. The van der Waals surface area contributed by atoms with Crippen molar-refractivity contribution >= 4 is 17.6 Å². The fourth-order valence-electron chi connectivity index (χ4n) is 2.51. The van der Waals surface area contributed by atoms with E-state index in [1.54, 1.807) is 6.92 Å². The van der Waals surface area contributed by atoms with E-state index in [9.17, 15) is 9.59 Å². The second-order valence-corrected chi connectivity index (χ2v) is 4.98. The Morgan fingerprint density at radius 1 is 1.26 bits per heavy atom. The van der Waals surface area contributed by atoms with Crippen molar-refractivity contribution in [3.05, 3.63) is 29.3 Å². The average molecular weight is 261 g/mol. The van der Waals surface area contributed by atoms with Gasteiger partial charge in [0, 0.05) is 5.69 Å². The van der Waals surface area contributed by atoms with Crippen LogP contribution in [0.15, 0.2) is 18.2 Å². The van der Waals surface area contributed by atoms with Gasteiger partial charge in [-0.2, -0.15) is 0 Å². The highest BCUT2D eigenvalue weighted by molar-refractivity contribution is 6.04. The predicted molar refractivity (Wildman–Crippen MR) is 73.1 cm³/mol. The topological polar surface area (TPSA) is 66.4 Å². The lowest BCUT2D eigenvalue weighted by molar-refractivity contribution is -0.145. The van der Waals surface area contributed by atoms with Crippen molar-refractivity contribution in [1.29, 1.82) is 0 Å². The minimum Gasteiger partial charge on any atom is -0.481 e. The molecule has 0 radical (unpaired) electrons. The molecule has 0 spiro atoms. The highest BCUT2D eigenvalue weighted by atomic mass is 16.4. The van der Waals surface area contributed by atoms with Gasteiger partial charge in [-0.3, -0.25) is 9.59 Å². The molecule has 0 saturated heterocycles. The van der Waals surface area contributed by atoms with Crippen LogP contribution in [-0.4, -0.2) is 17.0 Å². The first-order valence-electron chi connectivity index (χ1n) is 6.77. The first kappa shape index (κ1) is 13.6. The molecular weight excluding hydrogens is 242 g/mol. The molecule has 0 saturated carbocycles. The van der Waals surface area contributed by atoms with Gasteiger partial charge in [-0.1, -0.05) is 13.0 Å². The number of hydrogen-bond donors (Lipinski definition) is 2. The first-order chi connectivity index (χ1) is 9.11. The number of rotatable bonds is 4. The lowest BCUT2D eigenvalue weighted by Gasteiger charge is -2.17. The Morgan fingerprint density at radius 3 is 2.58 bits per heavy atom. The van der Waals surface area contributed by atoms with E-state index in [0.29, 0.717) is 12.1 Å². The summed E-state index contributed by atoms with van der Waals surface area (Å²) in [5, 5.41) is 11.7. The monoisotopic (exact) mass is 261 g/mol. The summed E-state index contributed by atoms with van der Waals surface area (Å²) >= 11 is 0. The van der Waals surface area contributed by atoms with Crippen molar-refractivity contribution in [2.75, 3.05) is 5.32 Å². The van der Waals surface area contributed by atoms with Gasteiger partial charge < -0.3 is 10.4 Å². The second-order valence-electron chi connectivity index (χ2n) is 4.98. The minimum atomic E-state index is -1.07. The highest BCUT2D eigenvalue weighted by Gasteiger charge is 2.24. The van der Waals surface area contributed by atoms with Gasteiger partial charge in [-0.15, -0.1) is 0 Å². The van der Waals surface area contributed by atoms with E-state index < -0.39 is 17.8 Å². The van der Waals surface area contributed by atoms with Gasteiger partial charge in [-0.05, 0) is 55.4 Å². The zero-order valence-electron chi connectivity index (χ0n) is 11.1. The number of hydrogen-bond acceptors (Lipinski definition) is 2. The molecule has 4 heteroatoms. The summed E-state index contributed by atoms with van der Waals surface area (Å²) in [7, 11) is 0. The van der Waals surface area contributed by atoms with E-state index in [0.717, 1.165) is 12.8 Å². The van der Waals surface area contributed by atoms with Crippen LogP contribution in [0, 0.1) is 5.92 Å². The molecule has 2 rings (SSSR count). The van der Waals surface area contributed by atoms with Crippen LogP contribution in [0.25, 0.3) is 0 Å². The molecule has 1 aromatic carbocycles. The van der Waals surface area contributed by atoms with Crippen molar-refractivity contribution in [3.63, 3.8) is 0 Å². The maximum absolute atomic E-state index is 11.9. The Bertz CT molecular complexity index is 496. The number of carbonyl (C=O) groups excluding carboxylic acids is 1. The SMILES string of the molecule is CCC(C(=O)O)C(=O)Nc1ccc2c(c1)CCCC2. The summed E-state index contributed by atoms with van der Waals surface area (Å²) in [4.78, 5) is 22.8. The molecule has 1 aliphatic rings. The zero-order chi connectivity index (χ0) is 13.8. The van der Waals surface area contributed by atoms with Gasteiger partial charge in [0.05, 0.1) is 0 Å². The third-order valence-corrected chi connectivity index (χ3v) is 3.64. The number of fused-ring (bicyclic) bond motifs is 1. The molecule has 1 aliphatic carbocycles. The maximum atomic E-state index is 11.9. The summed E-state index contributed by atoms with van der Waals surface area (Å²) in [6.45, 7) is 1.70. The number of aryl methyl sites for hydroxylation is 2. The largest absolute Gasteiger partial charge is 0.481 e. The van der Waals surface area contributed by atoms with Crippen LogP contribution in [0.3, 0.4) is 0 Å². The highest BCUT2D eigenvalue weighted by Crippen LogP contribution is 2.24. The molecule has 4 nitrogen and oxygen atoms in total. The summed E-state index contributed by atoms with van der Waals surface area (Å²) in [5.41, 5.74) is 3.31. The Morgan fingerprint density at radius 2 is 1.95 bits per heavy atom. The Kier molecular flexibility index (Phi) is 4.20. The van der Waals surface area contributed by atoms with Crippen molar-refractivity contribution < 1.29 is 14.7 Å². The third kappa shape index (κ3) is 3.13. The molecule has 102 valence electrons. The predicted octanol–water partition coefficient (Wildman–Crippen LogP) is 2.61. The van der Waals surface area contributed by atoms with Gasteiger partial charge in [0.2, 0.25) is 5.91 Å². The van der Waals surface area contributed by atoms with Gasteiger partial charge in [0.25, 0.3) is 0 Å². The number of nitrogens with one attached hydrogen (secondary N) is 1. The fourth-order valence-corrected chi connectivity index (χ4v) is 2.51. The summed E-state index contributed by atoms with van der Waals surface area (Å²) in [5.74, 6) is -2.49. The van der Waals surface area contributed by atoms with Crippen LogP contribution in [0.4, 0.5) is 5.69 Å². The smallest absolute Gasteiger partial charge is 0.316 e. The molecule has 1 unspecified atom stereocenters. The normalized spacial score (nSPS) is 15.4. The standard InChI is InChI=1S/C15H19NO3/c1-2-13(15(18)19)14(17)16-12-8-7-10-5-3-4-6-11(10)9-12/h7-9,13H,2-6H2,1H3,(H,16,17)(H,18,19). The summed E-state index contributed by atoms with van der Waals surface area (Å²) in [6.07, 6.45) is 4.82. The van der Waals surface area contributed by atoms with E-state index in [1.165, 1.54) is 24.0 Å². The van der Waals surface area contributed by atoms with E-state index in [1.807, 2.05) is 18.2 Å². The van der Waals surface area contributed by atoms with Crippen molar-refractivity contribution in [1.82, 2.24) is 0 Å². The maximum Gasteiger partial charge on any atom is 0.316 e. The summed E-state index contributed by atoms with van der Waals surface area (Å²) in [6, 6.07) is 5.86. The lowest BCUT2D eigenvalue weighted by Crippen LogP contribution is -2.29. The molecule has 0 fully saturated rings. The van der Waals surface area contributed by atoms with Gasteiger partial charge in [0.1, 0.15) is 5.92 Å². The van der Waals surface area contributed by atoms with Crippen LogP contribution in [0.2, 0.25) is 0 Å². The van der Waals surface area contributed by atoms with Crippen LogP contribution in [0.5, 0.6) is 0 Å². The zero-order valence-corrected chi connectivity index (χ0v) is 11.1. The second kappa shape index (κ2) is 5.87. The van der Waals surface area contributed by atoms with E-state index >= 15 is 0 Å². The summed E-state index contributed by atoms with van der Waals surface area (Å²) < 4.78 is 0. The number of amides is 1. The quantitative estimate of drug-likeness (QED) is 0.819. The number of benzene rings is 1. The van der Waals surface area contributed by atoms with Crippen molar-refractivity contribution in [2.45, 2.75) is 39.0 Å². The average Bonchev–Trinajstić information content (AvgIpc) is 2.39. The van der Waals surface area contributed by atoms with E-state index in [-0.39, 0.29) is 0 Å². The van der Waals surface area contributed by atoms with Crippen LogP contribution < -0.4 is 5.32 Å². The van der Waals surface area contributed by atoms with Crippen molar-refractivity contribution in [3.8, 4) is 0 Å². The molecule has 19 heavy (non-hydrogen) atoms. The van der Waals surface area contributed by atoms with E-state index in [4.69, 9.17) is 5.11 Å². The minimum absolute atomic E-state index is 0.298. The van der Waals surface area contributed by atoms with Gasteiger partial charge in [0.15, 0.2) is 0 Å². The third-order valence-electron chi connectivity index (χ3n) is 3.64. The molecule has 2 N–H and O–H groups in total. The fraction of sp³-hybridized carbons (Fsp3) is 0.467. The molecule has 0 heterocycles. The molecular formula is C15H19NO3. The molecule has 0 aliphatic heterocycles.